The average molecular weight is 206 g/mol. The molecule has 12 heavy (non-hydrogen) atoms. The van der Waals surface area contributed by atoms with E-state index < -0.39 is 0 Å². The molecular weight excluding hydrogens is 188 g/mol. The lowest BCUT2D eigenvalue weighted by Crippen LogP contribution is -2.33. The van der Waals surface area contributed by atoms with Crippen molar-refractivity contribution in [3.63, 3.8) is 0 Å². The summed E-state index contributed by atoms with van der Waals surface area (Å²) in [5, 5.41) is 10.8. The van der Waals surface area contributed by atoms with Crippen LogP contribution in [0.5, 0.6) is 0 Å². The van der Waals surface area contributed by atoms with Crippen molar-refractivity contribution in [2.45, 2.75) is 44.3 Å². The van der Waals surface area contributed by atoms with Gasteiger partial charge in [0.15, 0.2) is 0 Å². The zero-order chi connectivity index (χ0) is 9.30. The fourth-order valence-corrected chi connectivity index (χ4v) is 5.59. The first-order valence-corrected chi connectivity index (χ1v) is 6.82. The molecule has 0 saturated carbocycles. The van der Waals surface area contributed by atoms with Crippen molar-refractivity contribution < 1.29 is 5.11 Å². The highest BCUT2D eigenvalue weighted by atomic mass is 33.1. The second-order valence-electron chi connectivity index (χ2n) is 4.10. The SMILES string of the molecule is CC(C)C1SSC(C(C)C)C1O. The molecule has 0 aromatic carbocycles. The lowest BCUT2D eigenvalue weighted by Gasteiger charge is -2.21. The minimum absolute atomic E-state index is 0.111. The van der Waals surface area contributed by atoms with E-state index in [2.05, 4.69) is 27.7 Å². The van der Waals surface area contributed by atoms with E-state index in [1.807, 2.05) is 21.6 Å². The molecule has 0 aliphatic carbocycles. The zero-order valence-electron chi connectivity index (χ0n) is 8.15. The number of rotatable bonds is 2. The summed E-state index contributed by atoms with van der Waals surface area (Å²) in [5.74, 6) is 1.17. The van der Waals surface area contributed by atoms with Crippen LogP contribution in [0.2, 0.25) is 0 Å². The highest BCUT2D eigenvalue weighted by molar-refractivity contribution is 8.77. The van der Waals surface area contributed by atoms with Gasteiger partial charge in [-0.1, -0.05) is 49.3 Å². The summed E-state index contributed by atoms with van der Waals surface area (Å²) >= 11 is 0. The van der Waals surface area contributed by atoms with E-state index in [4.69, 9.17) is 0 Å². The minimum atomic E-state index is -0.111. The standard InChI is InChI=1S/C9H18OS2/c1-5(2)8-7(10)9(6(3)4)12-11-8/h5-10H,1-4H3. The number of aliphatic hydroxyl groups is 1. The summed E-state index contributed by atoms with van der Waals surface area (Å²) in [6.45, 7) is 8.74. The van der Waals surface area contributed by atoms with E-state index in [1.54, 1.807) is 0 Å². The van der Waals surface area contributed by atoms with Gasteiger partial charge in [0, 0.05) is 10.5 Å². The second kappa shape index (κ2) is 4.25. The quantitative estimate of drug-likeness (QED) is 0.702. The highest BCUT2D eigenvalue weighted by Gasteiger charge is 2.39. The van der Waals surface area contributed by atoms with Gasteiger partial charge in [0.25, 0.3) is 0 Å². The Hall–Kier alpha value is 0.660. The van der Waals surface area contributed by atoms with Crippen LogP contribution in [0.1, 0.15) is 27.7 Å². The molecular formula is C9H18OS2. The van der Waals surface area contributed by atoms with Gasteiger partial charge in [-0.3, -0.25) is 0 Å². The van der Waals surface area contributed by atoms with Crippen LogP contribution in [0.25, 0.3) is 0 Å². The molecule has 3 heteroatoms. The molecule has 72 valence electrons. The smallest absolute Gasteiger partial charge is 0.0798 e. The Morgan fingerprint density at radius 2 is 1.25 bits per heavy atom. The summed E-state index contributed by atoms with van der Waals surface area (Å²) in [7, 11) is 3.72. The second-order valence-corrected chi connectivity index (χ2v) is 6.73. The molecule has 1 rings (SSSR count). The van der Waals surface area contributed by atoms with Crippen molar-refractivity contribution in [1.82, 2.24) is 0 Å². The Balaban J connectivity index is 2.55. The average Bonchev–Trinajstić information content (AvgIpc) is 2.30. The molecule has 0 aromatic heterocycles. The molecule has 0 aromatic rings. The molecule has 0 radical (unpaired) electrons. The van der Waals surface area contributed by atoms with Crippen LogP contribution in [0.3, 0.4) is 0 Å². The molecule has 2 unspecified atom stereocenters. The number of aliphatic hydroxyl groups excluding tert-OH is 1. The lowest BCUT2D eigenvalue weighted by molar-refractivity contribution is 0.142. The van der Waals surface area contributed by atoms with Gasteiger partial charge in [-0.25, -0.2) is 0 Å². The maximum Gasteiger partial charge on any atom is 0.0798 e. The summed E-state index contributed by atoms with van der Waals surface area (Å²) in [5.41, 5.74) is 0. The maximum atomic E-state index is 9.95. The third-order valence-electron chi connectivity index (χ3n) is 2.27. The maximum absolute atomic E-state index is 9.95. The largest absolute Gasteiger partial charge is 0.391 e. The summed E-state index contributed by atoms with van der Waals surface area (Å²) < 4.78 is 0. The lowest BCUT2D eigenvalue weighted by atomic mass is 9.97. The molecule has 0 bridgehead atoms. The molecule has 1 heterocycles. The van der Waals surface area contributed by atoms with Crippen LogP contribution in [0.15, 0.2) is 0 Å². The topological polar surface area (TPSA) is 20.2 Å². The van der Waals surface area contributed by atoms with Gasteiger partial charge < -0.3 is 5.11 Å². The normalized spacial score (nSPS) is 36.8. The predicted molar refractivity (Wildman–Crippen MR) is 58.4 cm³/mol. The first kappa shape index (κ1) is 10.7. The predicted octanol–water partition coefficient (Wildman–Crippen LogP) is 2.79. The summed E-state index contributed by atoms with van der Waals surface area (Å²) in [6, 6.07) is 0. The third-order valence-corrected chi connectivity index (χ3v) is 6.13. The van der Waals surface area contributed by atoms with E-state index in [0.29, 0.717) is 22.3 Å². The van der Waals surface area contributed by atoms with E-state index in [1.165, 1.54) is 0 Å². The van der Waals surface area contributed by atoms with Gasteiger partial charge in [-0.05, 0) is 11.8 Å². The van der Waals surface area contributed by atoms with E-state index in [0.717, 1.165) is 0 Å². The Bertz CT molecular complexity index is 131. The Morgan fingerprint density at radius 1 is 0.917 bits per heavy atom. The molecule has 1 N–H and O–H groups in total. The van der Waals surface area contributed by atoms with Crippen molar-refractivity contribution in [3.8, 4) is 0 Å². The Kier molecular flexibility index (Phi) is 3.80. The third kappa shape index (κ3) is 2.12. The molecule has 1 nitrogen and oxygen atoms in total. The van der Waals surface area contributed by atoms with Gasteiger partial charge in [0.05, 0.1) is 6.10 Å². The monoisotopic (exact) mass is 206 g/mol. The first-order chi connectivity index (χ1) is 5.54. The van der Waals surface area contributed by atoms with Crippen molar-refractivity contribution in [3.05, 3.63) is 0 Å². The summed E-state index contributed by atoms with van der Waals surface area (Å²) in [6.07, 6.45) is -0.111. The van der Waals surface area contributed by atoms with Gasteiger partial charge >= 0.3 is 0 Å². The van der Waals surface area contributed by atoms with Crippen LogP contribution in [-0.4, -0.2) is 21.7 Å². The minimum Gasteiger partial charge on any atom is -0.391 e. The van der Waals surface area contributed by atoms with Crippen LogP contribution in [0, 0.1) is 11.8 Å². The van der Waals surface area contributed by atoms with E-state index in [-0.39, 0.29) is 6.10 Å². The fourth-order valence-electron chi connectivity index (χ4n) is 1.44. The summed E-state index contributed by atoms with van der Waals surface area (Å²) in [4.78, 5) is 0. The molecule has 1 fully saturated rings. The fraction of sp³-hybridized carbons (Fsp3) is 1.00. The molecule has 1 saturated heterocycles. The van der Waals surface area contributed by atoms with Crippen molar-refractivity contribution in [2.24, 2.45) is 11.8 Å². The molecule has 2 atom stereocenters. The van der Waals surface area contributed by atoms with Gasteiger partial charge in [-0.15, -0.1) is 0 Å². The van der Waals surface area contributed by atoms with Gasteiger partial charge in [-0.2, -0.15) is 0 Å². The van der Waals surface area contributed by atoms with Gasteiger partial charge in [0.2, 0.25) is 0 Å². The Labute approximate surface area is 83.1 Å². The van der Waals surface area contributed by atoms with Crippen molar-refractivity contribution in [1.29, 1.82) is 0 Å². The van der Waals surface area contributed by atoms with Crippen molar-refractivity contribution in [2.75, 3.05) is 0 Å². The van der Waals surface area contributed by atoms with E-state index in [9.17, 15) is 5.11 Å². The van der Waals surface area contributed by atoms with Crippen LogP contribution >= 0.6 is 21.6 Å². The number of hydrogen-bond donors (Lipinski definition) is 1. The van der Waals surface area contributed by atoms with Crippen LogP contribution in [-0.2, 0) is 0 Å². The molecule has 0 spiro atoms. The molecule has 0 amide bonds. The Morgan fingerprint density at radius 3 is 1.42 bits per heavy atom. The zero-order valence-corrected chi connectivity index (χ0v) is 9.78. The van der Waals surface area contributed by atoms with Crippen LogP contribution in [0.4, 0.5) is 0 Å². The first-order valence-electron chi connectivity index (χ1n) is 4.54. The van der Waals surface area contributed by atoms with Gasteiger partial charge in [0.1, 0.15) is 0 Å². The molecule has 1 aliphatic rings. The number of hydrogen-bond acceptors (Lipinski definition) is 3. The van der Waals surface area contributed by atoms with Crippen molar-refractivity contribution >= 4 is 21.6 Å². The molecule has 1 aliphatic heterocycles. The van der Waals surface area contributed by atoms with Crippen LogP contribution < -0.4 is 0 Å². The van der Waals surface area contributed by atoms with E-state index >= 15 is 0 Å². The highest BCUT2D eigenvalue weighted by Crippen LogP contribution is 2.48.